The molecule has 0 bridgehead atoms. The molecule has 0 N–H and O–H groups in total. The SMILES string of the molecule is CCCCCCCCCCCCOc1cccc2ccc(C(=O)OC)nc12. The molecule has 148 valence electrons. The molecule has 0 spiro atoms. The zero-order valence-electron chi connectivity index (χ0n) is 16.8. The van der Waals surface area contributed by atoms with Crippen molar-refractivity contribution in [3.05, 3.63) is 36.0 Å². The van der Waals surface area contributed by atoms with Crippen molar-refractivity contribution < 1.29 is 14.3 Å². The van der Waals surface area contributed by atoms with E-state index in [1.807, 2.05) is 24.3 Å². The number of unbranched alkanes of at least 4 members (excludes halogenated alkanes) is 9. The monoisotopic (exact) mass is 371 g/mol. The summed E-state index contributed by atoms with van der Waals surface area (Å²) in [4.78, 5) is 16.1. The number of aromatic nitrogens is 1. The van der Waals surface area contributed by atoms with Crippen LogP contribution in [0.1, 0.15) is 81.6 Å². The number of fused-ring (bicyclic) bond motifs is 1. The van der Waals surface area contributed by atoms with Crippen molar-refractivity contribution in [2.75, 3.05) is 13.7 Å². The molecule has 27 heavy (non-hydrogen) atoms. The normalized spacial score (nSPS) is 10.9. The van der Waals surface area contributed by atoms with Gasteiger partial charge in [-0.15, -0.1) is 0 Å². The maximum absolute atomic E-state index is 11.7. The molecule has 0 atom stereocenters. The Bertz CT molecular complexity index is 699. The molecular formula is C23H33NO3. The van der Waals surface area contributed by atoms with E-state index in [0.29, 0.717) is 17.8 Å². The average molecular weight is 372 g/mol. The number of ether oxygens (including phenoxy) is 2. The summed E-state index contributed by atoms with van der Waals surface area (Å²) in [5.74, 6) is 0.301. The predicted octanol–water partition coefficient (Wildman–Crippen LogP) is 6.32. The van der Waals surface area contributed by atoms with E-state index in [1.165, 1.54) is 64.9 Å². The zero-order valence-corrected chi connectivity index (χ0v) is 16.8. The van der Waals surface area contributed by atoms with Crippen LogP contribution in [0.3, 0.4) is 0 Å². The van der Waals surface area contributed by atoms with Crippen LogP contribution in [0.15, 0.2) is 30.3 Å². The fraction of sp³-hybridized carbons (Fsp3) is 0.565. The Morgan fingerprint density at radius 3 is 2.22 bits per heavy atom. The third kappa shape index (κ3) is 7.20. The van der Waals surface area contributed by atoms with Gasteiger partial charge in [-0.25, -0.2) is 9.78 Å². The highest BCUT2D eigenvalue weighted by molar-refractivity contribution is 5.92. The van der Waals surface area contributed by atoms with Gasteiger partial charge in [-0.1, -0.05) is 82.9 Å². The molecule has 0 unspecified atom stereocenters. The first-order valence-corrected chi connectivity index (χ1v) is 10.4. The second-order valence-electron chi connectivity index (χ2n) is 7.05. The maximum Gasteiger partial charge on any atom is 0.356 e. The van der Waals surface area contributed by atoms with E-state index in [1.54, 1.807) is 6.07 Å². The van der Waals surface area contributed by atoms with Gasteiger partial charge >= 0.3 is 5.97 Å². The van der Waals surface area contributed by atoms with Gasteiger partial charge in [0.15, 0.2) is 0 Å². The molecule has 0 aliphatic heterocycles. The molecule has 0 saturated heterocycles. The summed E-state index contributed by atoms with van der Waals surface area (Å²) in [5, 5.41) is 0.961. The van der Waals surface area contributed by atoms with Crippen LogP contribution in [0.5, 0.6) is 5.75 Å². The average Bonchev–Trinajstić information content (AvgIpc) is 2.71. The lowest BCUT2D eigenvalue weighted by Crippen LogP contribution is -2.05. The van der Waals surface area contributed by atoms with E-state index in [0.717, 1.165) is 17.6 Å². The molecule has 0 aliphatic carbocycles. The number of rotatable bonds is 13. The van der Waals surface area contributed by atoms with Crippen molar-refractivity contribution in [1.82, 2.24) is 4.98 Å². The minimum Gasteiger partial charge on any atom is -0.491 e. The van der Waals surface area contributed by atoms with Crippen LogP contribution in [-0.2, 0) is 4.74 Å². The van der Waals surface area contributed by atoms with Gasteiger partial charge in [0.1, 0.15) is 17.0 Å². The molecule has 1 heterocycles. The number of carbonyl (C=O) groups excluding carboxylic acids is 1. The van der Waals surface area contributed by atoms with Crippen molar-refractivity contribution in [3.8, 4) is 5.75 Å². The van der Waals surface area contributed by atoms with E-state index in [2.05, 4.69) is 11.9 Å². The van der Waals surface area contributed by atoms with Gasteiger partial charge in [0, 0.05) is 5.39 Å². The Balaban J connectivity index is 1.71. The van der Waals surface area contributed by atoms with Gasteiger partial charge in [0.25, 0.3) is 0 Å². The van der Waals surface area contributed by atoms with Crippen LogP contribution >= 0.6 is 0 Å². The van der Waals surface area contributed by atoms with Gasteiger partial charge in [-0.2, -0.15) is 0 Å². The summed E-state index contributed by atoms with van der Waals surface area (Å²) < 4.78 is 10.7. The minimum absolute atomic E-state index is 0.306. The van der Waals surface area contributed by atoms with Gasteiger partial charge in [-0.05, 0) is 18.6 Å². The lowest BCUT2D eigenvalue weighted by molar-refractivity contribution is 0.0594. The fourth-order valence-electron chi connectivity index (χ4n) is 3.23. The lowest BCUT2D eigenvalue weighted by atomic mass is 10.1. The third-order valence-electron chi connectivity index (χ3n) is 4.83. The highest BCUT2D eigenvalue weighted by Gasteiger charge is 2.10. The summed E-state index contributed by atoms with van der Waals surface area (Å²) in [6.07, 6.45) is 13.0. The smallest absolute Gasteiger partial charge is 0.356 e. The second-order valence-corrected chi connectivity index (χ2v) is 7.05. The van der Waals surface area contributed by atoms with Crippen molar-refractivity contribution in [3.63, 3.8) is 0 Å². The number of hydrogen-bond acceptors (Lipinski definition) is 4. The molecule has 0 aliphatic rings. The first-order chi connectivity index (χ1) is 13.3. The lowest BCUT2D eigenvalue weighted by Gasteiger charge is -2.09. The number of nitrogens with zero attached hydrogens (tertiary/aromatic N) is 1. The van der Waals surface area contributed by atoms with Crippen LogP contribution < -0.4 is 4.74 Å². The summed E-state index contributed by atoms with van der Waals surface area (Å²) in [6, 6.07) is 9.39. The third-order valence-corrected chi connectivity index (χ3v) is 4.83. The molecule has 1 aromatic heterocycles. The Kier molecular flexibility index (Phi) is 9.67. The Hall–Kier alpha value is -2.10. The molecule has 0 radical (unpaired) electrons. The summed E-state index contributed by atoms with van der Waals surface area (Å²) >= 11 is 0. The Morgan fingerprint density at radius 1 is 0.889 bits per heavy atom. The number of methoxy groups -OCH3 is 1. The van der Waals surface area contributed by atoms with Crippen molar-refractivity contribution in [1.29, 1.82) is 0 Å². The molecular weight excluding hydrogens is 338 g/mol. The molecule has 0 amide bonds. The molecule has 2 rings (SSSR count). The summed E-state index contributed by atoms with van der Waals surface area (Å²) in [6.45, 7) is 2.94. The number of carbonyl (C=O) groups is 1. The molecule has 4 heteroatoms. The second kappa shape index (κ2) is 12.3. The standard InChI is InChI=1S/C23H33NO3/c1-3-4-5-6-7-8-9-10-11-12-18-27-21-15-13-14-19-16-17-20(23(25)26-2)24-22(19)21/h13-17H,3-12,18H2,1-2H3. The van der Waals surface area contributed by atoms with E-state index in [9.17, 15) is 4.79 Å². The highest BCUT2D eigenvalue weighted by atomic mass is 16.5. The van der Waals surface area contributed by atoms with Gasteiger partial charge in [-0.3, -0.25) is 0 Å². The summed E-state index contributed by atoms with van der Waals surface area (Å²) in [7, 11) is 1.36. The molecule has 0 saturated carbocycles. The topological polar surface area (TPSA) is 48.4 Å². The van der Waals surface area contributed by atoms with Crippen LogP contribution in [-0.4, -0.2) is 24.7 Å². The molecule has 0 fully saturated rings. The zero-order chi connectivity index (χ0) is 19.3. The van der Waals surface area contributed by atoms with E-state index < -0.39 is 5.97 Å². The van der Waals surface area contributed by atoms with E-state index in [4.69, 9.17) is 9.47 Å². The fourth-order valence-corrected chi connectivity index (χ4v) is 3.23. The van der Waals surface area contributed by atoms with Crippen LogP contribution in [0, 0.1) is 0 Å². The first kappa shape index (κ1) is 21.2. The number of esters is 1. The van der Waals surface area contributed by atoms with Gasteiger partial charge in [0.05, 0.1) is 13.7 Å². The van der Waals surface area contributed by atoms with E-state index >= 15 is 0 Å². The number of hydrogen-bond donors (Lipinski definition) is 0. The minimum atomic E-state index is -0.429. The van der Waals surface area contributed by atoms with Crippen molar-refractivity contribution >= 4 is 16.9 Å². The van der Waals surface area contributed by atoms with Gasteiger partial charge in [0.2, 0.25) is 0 Å². The molecule has 1 aromatic carbocycles. The summed E-state index contributed by atoms with van der Waals surface area (Å²) in [5.41, 5.74) is 1.02. The van der Waals surface area contributed by atoms with Gasteiger partial charge < -0.3 is 9.47 Å². The highest BCUT2D eigenvalue weighted by Crippen LogP contribution is 2.24. The van der Waals surface area contributed by atoms with Crippen LogP contribution in [0.25, 0.3) is 10.9 Å². The van der Waals surface area contributed by atoms with Crippen LogP contribution in [0.2, 0.25) is 0 Å². The first-order valence-electron chi connectivity index (χ1n) is 10.4. The Morgan fingerprint density at radius 2 is 1.56 bits per heavy atom. The van der Waals surface area contributed by atoms with E-state index in [-0.39, 0.29) is 0 Å². The van der Waals surface area contributed by atoms with Crippen LogP contribution in [0.4, 0.5) is 0 Å². The number of pyridine rings is 1. The van der Waals surface area contributed by atoms with Crippen molar-refractivity contribution in [2.24, 2.45) is 0 Å². The predicted molar refractivity (Wildman–Crippen MR) is 110 cm³/mol. The largest absolute Gasteiger partial charge is 0.491 e. The number of benzene rings is 1. The molecule has 2 aromatic rings. The van der Waals surface area contributed by atoms with Crippen molar-refractivity contribution in [2.45, 2.75) is 71.1 Å². The quantitative estimate of drug-likeness (QED) is 0.305. The Labute approximate surface area is 163 Å². The molecule has 4 nitrogen and oxygen atoms in total. The maximum atomic E-state index is 11.7. The number of para-hydroxylation sites is 1.